The molecule has 2 aliphatic rings. The maximum Gasteiger partial charge on any atom is 0.393 e. The Bertz CT molecular complexity index is 816. The van der Waals surface area contributed by atoms with E-state index >= 15 is 0 Å². The van der Waals surface area contributed by atoms with Crippen molar-refractivity contribution >= 4 is 31.9 Å². The Morgan fingerprint density at radius 3 is 2.56 bits per heavy atom. The number of hydrogen-bond acceptors (Lipinski definition) is 3. The highest BCUT2D eigenvalue weighted by Gasteiger charge is 2.44. The molecule has 1 aromatic rings. The predicted molar refractivity (Wildman–Crippen MR) is 96.4 cm³/mol. The summed E-state index contributed by atoms with van der Waals surface area (Å²) in [6.07, 6.45) is -3.66. The molecule has 0 bridgehead atoms. The fourth-order valence-electron chi connectivity index (χ4n) is 3.63. The second-order valence-corrected chi connectivity index (χ2v) is 9.82. The van der Waals surface area contributed by atoms with Gasteiger partial charge >= 0.3 is 6.18 Å². The van der Waals surface area contributed by atoms with Gasteiger partial charge in [0, 0.05) is 30.7 Å². The number of hydrogen-bond donors (Lipinski definition) is 0. The summed E-state index contributed by atoms with van der Waals surface area (Å²) in [6, 6.07) is 6.29. The lowest BCUT2D eigenvalue weighted by Crippen LogP contribution is -2.47. The molecule has 2 atom stereocenters. The van der Waals surface area contributed by atoms with Crippen LogP contribution in [0.15, 0.2) is 33.6 Å². The van der Waals surface area contributed by atoms with Gasteiger partial charge in [-0.15, -0.1) is 0 Å². The fourth-order valence-corrected chi connectivity index (χ4v) is 5.72. The van der Waals surface area contributed by atoms with Gasteiger partial charge in [-0.25, -0.2) is 8.42 Å². The highest BCUT2D eigenvalue weighted by molar-refractivity contribution is 9.10. The zero-order valence-electron chi connectivity index (χ0n) is 14.5. The summed E-state index contributed by atoms with van der Waals surface area (Å²) in [7, 11) is -3.74. The second kappa shape index (κ2) is 7.71. The molecule has 3 rings (SSSR count). The van der Waals surface area contributed by atoms with Gasteiger partial charge in [0.05, 0.1) is 16.7 Å². The summed E-state index contributed by atoms with van der Waals surface area (Å²) in [6.45, 7) is 0.139. The molecular weight excluding hydrogens is 449 g/mol. The summed E-state index contributed by atoms with van der Waals surface area (Å²) in [4.78, 5) is 14.0. The molecular formula is C17H20BrF3N2O3S. The van der Waals surface area contributed by atoms with E-state index < -0.39 is 28.0 Å². The molecule has 0 aromatic heterocycles. The van der Waals surface area contributed by atoms with Crippen molar-refractivity contribution in [2.45, 2.75) is 30.3 Å². The van der Waals surface area contributed by atoms with E-state index in [0.29, 0.717) is 23.9 Å². The molecule has 2 fully saturated rings. The summed E-state index contributed by atoms with van der Waals surface area (Å²) >= 11 is 3.24. The minimum atomic E-state index is -4.31. The first-order valence-corrected chi connectivity index (χ1v) is 10.9. The minimum absolute atomic E-state index is 0.000858. The van der Waals surface area contributed by atoms with Crippen LogP contribution >= 0.6 is 15.9 Å². The lowest BCUT2D eigenvalue weighted by atomic mass is 9.96. The molecule has 10 heteroatoms. The third kappa shape index (κ3) is 4.48. The van der Waals surface area contributed by atoms with Gasteiger partial charge in [-0.05, 0) is 37.5 Å². The Balaban J connectivity index is 1.68. The highest BCUT2D eigenvalue weighted by atomic mass is 79.9. The smallest absolute Gasteiger partial charge is 0.342 e. The van der Waals surface area contributed by atoms with Crippen molar-refractivity contribution in [1.29, 1.82) is 0 Å². The Morgan fingerprint density at radius 1 is 1.15 bits per heavy atom. The lowest BCUT2D eigenvalue weighted by molar-refractivity contribution is -0.188. The van der Waals surface area contributed by atoms with Crippen LogP contribution in [-0.2, 0) is 14.8 Å². The average Bonchev–Trinajstić information content (AvgIpc) is 3.11. The summed E-state index contributed by atoms with van der Waals surface area (Å²) < 4.78 is 66.3. The van der Waals surface area contributed by atoms with Gasteiger partial charge in [-0.3, -0.25) is 4.79 Å². The van der Waals surface area contributed by atoms with Crippen molar-refractivity contribution in [1.82, 2.24) is 9.21 Å². The van der Waals surface area contributed by atoms with Crippen LogP contribution in [0.5, 0.6) is 0 Å². The second-order valence-electron chi connectivity index (χ2n) is 6.97. The van der Waals surface area contributed by atoms with Crippen molar-refractivity contribution in [3.63, 3.8) is 0 Å². The number of carbonyl (C=O) groups is 1. The van der Waals surface area contributed by atoms with Gasteiger partial charge in [-0.1, -0.05) is 22.0 Å². The summed E-state index contributed by atoms with van der Waals surface area (Å²) in [5.41, 5.74) is 0. The Kier molecular flexibility index (Phi) is 5.88. The van der Waals surface area contributed by atoms with Crippen LogP contribution in [0.25, 0.3) is 0 Å². The Morgan fingerprint density at radius 2 is 1.89 bits per heavy atom. The lowest BCUT2D eigenvalue weighted by Gasteiger charge is -2.35. The molecule has 0 radical (unpaired) electrons. The van der Waals surface area contributed by atoms with Crippen molar-refractivity contribution < 1.29 is 26.4 Å². The van der Waals surface area contributed by atoms with Gasteiger partial charge in [-0.2, -0.15) is 17.5 Å². The molecule has 0 saturated carbocycles. The molecule has 1 aromatic carbocycles. The van der Waals surface area contributed by atoms with Crippen LogP contribution in [0.1, 0.15) is 19.3 Å². The number of rotatable bonds is 3. The van der Waals surface area contributed by atoms with Crippen LogP contribution < -0.4 is 0 Å². The minimum Gasteiger partial charge on any atom is -0.342 e. The first-order valence-electron chi connectivity index (χ1n) is 8.70. The van der Waals surface area contributed by atoms with E-state index in [1.54, 1.807) is 12.1 Å². The van der Waals surface area contributed by atoms with E-state index in [1.165, 1.54) is 21.3 Å². The zero-order valence-corrected chi connectivity index (χ0v) is 16.9. The van der Waals surface area contributed by atoms with Gasteiger partial charge in [0.2, 0.25) is 15.9 Å². The Labute approximate surface area is 164 Å². The van der Waals surface area contributed by atoms with E-state index in [2.05, 4.69) is 15.9 Å². The maximum atomic E-state index is 13.0. The quantitative estimate of drug-likeness (QED) is 0.683. The standard InChI is InChI=1S/C17H20BrF3N2O3S/c18-14-4-1-5-15(9-14)27(25,26)23-8-6-12(10-23)16(24)22-7-2-3-13(11-22)17(19,20)21/h1,4-5,9,12-13H,2-3,6-8,10-11H2. The number of halogens is 4. The molecule has 2 aliphatic heterocycles. The number of nitrogens with zero attached hydrogens (tertiary/aromatic N) is 2. The van der Waals surface area contributed by atoms with E-state index in [4.69, 9.17) is 0 Å². The third-order valence-corrected chi connectivity index (χ3v) is 7.48. The normalized spacial score (nSPS) is 25.0. The summed E-state index contributed by atoms with van der Waals surface area (Å²) in [5, 5.41) is 0. The molecule has 150 valence electrons. The molecule has 5 nitrogen and oxygen atoms in total. The van der Waals surface area contributed by atoms with E-state index in [1.807, 2.05) is 0 Å². The number of carbonyl (C=O) groups excluding carboxylic acids is 1. The zero-order chi connectivity index (χ0) is 19.8. The highest BCUT2D eigenvalue weighted by Crippen LogP contribution is 2.34. The Hall–Kier alpha value is -1.13. The monoisotopic (exact) mass is 468 g/mol. The van der Waals surface area contributed by atoms with Crippen molar-refractivity contribution in [3.05, 3.63) is 28.7 Å². The third-order valence-electron chi connectivity index (χ3n) is 5.13. The molecule has 0 aliphatic carbocycles. The number of benzene rings is 1. The van der Waals surface area contributed by atoms with E-state index in [0.717, 1.165) is 0 Å². The summed E-state index contributed by atoms with van der Waals surface area (Å²) in [5.74, 6) is -2.48. The van der Waals surface area contributed by atoms with Gasteiger partial charge in [0.25, 0.3) is 0 Å². The number of amides is 1. The SMILES string of the molecule is O=C(C1CCN(S(=O)(=O)c2cccc(Br)c2)C1)N1CCCC(C(F)(F)F)C1. The topological polar surface area (TPSA) is 57.7 Å². The molecule has 0 N–H and O–H groups in total. The van der Waals surface area contributed by atoms with Crippen molar-refractivity contribution in [3.8, 4) is 0 Å². The molecule has 0 spiro atoms. The number of likely N-dealkylation sites (tertiary alicyclic amines) is 1. The van der Waals surface area contributed by atoms with Gasteiger partial charge in [0.15, 0.2) is 0 Å². The van der Waals surface area contributed by atoms with Crippen LogP contribution in [0, 0.1) is 11.8 Å². The number of alkyl halides is 3. The van der Waals surface area contributed by atoms with Crippen LogP contribution in [0.3, 0.4) is 0 Å². The largest absolute Gasteiger partial charge is 0.393 e. The predicted octanol–water partition coefficient (Wildman–Crippen LogP) is 3.26. The first kappa shape index (κ1) is 20.6. The van der Waals surface area contributed by atoms with E-state index in [9.17, 15) is 26.4 Å². The van der Waals surface area contributed by atoms with Gasteiger partial charge < -0.3 is 4.90 Å². The molecule has 27 heavy (non-hydrogen) atoms. The van der Waals surface area contributed by atoms with Gasteiger partial charge in [0.1, 0.15) is 0 Å². The molecule has 1 amide bonds. The number of piperidine rings is 1. The molecule has 2 saturated heterocycles. The average molecular weight is 469 g/mol. The van der Waals surface area contributed by atoms with Crippen LogP contribution in [0.2, 0.25) is 0 Å². The molecule has 2 unspecified atom stereocenters. The van der Waals surface area contributed by atoms with Crippen molar-refractivity contribution in [2.24, 2.45) is 11.8 Å². The first-order chi connectivity index (χ1) is 12.6. The maximum absolute atomic E-state index is 13.0. The van der Waals surface area contributed by atoms with Crippen molar-refractivity contribution in [2.75, 3.05) is 26.2 Å². The number of sulfonamides is 1. The van der Waals surface area contributed by atoms with E-state index in [-0.39, 0.29) is 36.9 Å². The van der Waals surface area contributed by atoms with Crippen LogP contribution in [-0.4, -0.2) is 55.9 Å². The fraction of sp³-hybridized carbons (Fsp3) is 0.588. The van der Waals surface area contributed by atoms with Crippen LogP contribution in [0.4, 0.5) is 13.2 Å². The molecule has 2 heterocycles.